The van der Waals surface area contributed by atoms with Gasteiger partial charge in [0.2, 0.25) is 0 Å². The van der Waals surface area contributed by atoms with E-state index in [1.165, 1.54) is 32.7 Å². The lowest BCUT2D eigenvalue weighted by atomic mass is 10.2. The van der Waals surface area contributed by atoms with Crippen LogP contribution in [0.5, 0.6) is 0 Å². The van der Waals surface area contributed by atoms with Gasteiger partial charge in [-0.2, -0.15) is 11.8 Å². The Morgan fingerprint density at radius 2 is 2.20 bits per heavy atom. The van der Waals surface area contributed by atoms with Crippen molar-refractivity contribution in [1.82, 2.24) is 0 Å². The van der Waals surface area contributed by atoms with Gasteiger partial charge >= 0.3 is 0 Å². The van der Waals surface area contributed by atoms with E-state index in [0.29, 0.717) is 0 Å². The van der Waals surface area contributed by atoms with Crippen LogP contribution in [0, 0.1) is 10.5 Å². The molecule has 1 N–H and O–H groups in total. The van der Waals surface area contributed by atoms with Gasteiger partial charge in [-0.3, -0.25) is 0 Å². The zero-order valence-corrected chi connectivity index (χ0v) is 12.3. The number of halogens is 1. The predicted octanol–water partition coefficient (Wildman–Crippen LogP) is 4.15. The quantitative estimate of drug-likeness (QED) is 0.619. The largest absolute Gasteiger partial charge is 0.385 e. The summed E-state index contributed by atoms with van der Waals surface area (Å²) in [5.41, 5.74) is 2.61. The van der Waals surface area contributed by atoms with Crippen molar-refractivity contribution >= 4 is 40.0 Å². The molecule has 0 aliphatic rings. The number of rotatable bonds is 6. The Morgan fingerprint density at radius 3 is 2.87 bits per heavy atom. The lowest BCUT2D eigenvalue weighted by molar-refractivity contribution is 0.989. The fourth-order valence-corrected chi connectivity index (χ4v) is 2.65. The first-order valence-electron chi connectivity index (χ1n) is 5.32. The van der Waals surface area contributed by atoms with Crippen LogP contribution in [-0.4, -0.2) is 18.1 Å². The van der Waals surface area contributed by atoms with Crippen LogP contribution in [-0.2, 0) is 0 Å². The molecule has 0 aromatic heterocycles. The molecule has 15 heavy (non-hydrogen) atoms. The highest BCUT2D eigenvalue weighted by Gasteiger charge is 1.97. The van der Waals surface area contributed by atoms with Crippen molar-refractivity contribution < 1.29 is 0 Å². The number of nitrogens with one attached hydrogen (secondary N) is 1. The molecule has 0 bridgehead atoms. The number of thioether (sulfide) groups is 1. The lowest BCUT2D eigenvalue weighted by Gasteiger charge is -2.09. The lowest BCUT2D eigenvalue weighted by Crippen LogP contribution is -2.04. The second-order valence-electron chi connectivity index (χ2n) is 3.44. The summed E-state index contributed by atoms with van der Waals surface area (Å²) in [6.07, 6.45) is 1.24. The first-order chi connectivity index (χ1) is 7.24. The molecule has 0 saturated heterocycles. The molecule has 84 valence electrons. The molecule has 1 aromatic carbocycles. The molecule has 0 amide bonds. The van der Waals surface area contributed by atoms with Crippen molar-refractivity contribution in [3.05, 3.63) is 27.3 Å². The molecule has 0 radical (unpaired) electrons. The first-order valence-corrected chi connectivity index (χ1v) is 7.55. The van der Waals surface area contributed by atoms with E-state index < -0.39 is 0 Å². The van der Waals surface area contributed by atoms with Gasteiger partial charge in [-0.25, -0.2) is 0 Å². The van der Waals surface area contributed by atoms with E-state index in [0.717, 1.165) is 6.54 Å². The zero-order valence-electron chi connectivity index (χ0n) is 9.35. The van der Waals surface area contributed by atoms with Gasteiger partial charge in [0.1, 0.15) is 0 Å². The molecule has 0 saturated carbocycles. The highest BCUT2D eigenvalue weighted by Crippen LogP contribution is 2.17. The second kappa shape index (κ2) is 7.39. The van der Waals surface area contributed by atoms with Crippen LogP contribution in [0.15, 0.2) is 18.2 Å². The number of hydrogen-bond donors (Lipinski definition) is 1. The molecule has 0 aliphatic heterocycles. The van der Waals surface area contributed by atoms with Gasteiger partial charge in [-0.05, 0) is 71.2 Å². The zero-order chi connectivity index (χ0) is 11.1. The van der Waals surface area contributed by atoms with Crippen LogP contribution in [0.2, 0.25) is 0 Å². The summed E-state index contributed by atoms with van der Waals surface area (Å²) in [6, 6.07) is 6.53. The molecule has 3 heteroatoms. The molecule has 1 nitrogen and oxygen atoms in total. The summed E-state index contributed by atoms with van der Waals surface area (Å²) in [7, 11) is 0. The van der Waals surface area contributed by atoms with Gasteiger partial charge in [-0.1, -0.05) is 6.92 Å². The molecule has 0 spiro atoms. The molecular weight excluding hydrogens is 317 g/mol. The second-order valence-corrected chi connectivity index (χ2v) is 6.08. The SMILES string of the molecule is CCSCCCNc1ccc(I)cc1C. The van der Waals surface area contributed by atoms with E-state index in [-0.39, 0.29) is 0 Å². The van der Waals surface area contributed by atoms with Gasteiger partial charge in [0, 0.05) is 15.8 Å². The highest BCUT2D eigenvalue weighted by atomic mass is 127. The summed E-state index contributed by atoms with van der Waals surface area (Å²) < 4.78 is 1.30. The maximum absolute atomic E-state index is 3.48. The normalized spacial score (nSPS) is 10.3. The van der Waals surface area contributed by atoms with Gasteiger partial charge in [0.05, 0.1) is 0 Å². The molecule has 0 heterocycles. The Morgan fingerprint density at radius 1 is 1.40 bits per heavy atom. The van der Waals surface area contributed by atoms with E-state index in [4.69, 9.17) is 0 Å². The number of hydrogen-bond acceptors (Lipinski definition) is 2. The van der Waals surface area contributed by atoms with Crippen LogP contribution in [0.3, 0.4) is 0 Å². The van der Waals surface area contributed by atoms with Crippen LogP contribution in [0.1, 0.15) is 18.9 Å². The summed E-state index contributed by atoms with van der Waals surface area (Å²) in [6.45, 7) is 5.45. The molecule has 1 aromatic rings. The third-order valence-electron chi connectivity index (χ3n) is 2.17. The summed E-state index contributed by atoms with van der Waals surface area (Å²) in [5, 5.41) is 3.48. The van der Waals surface area contributed by atoms with Gasteiger partial charge in [0.25, 0.3) is 0 Å². The van der Waals surface area contributed by atoms with Crippen molar-refractivity contribution in [3.8, 4) is 0 Å². The third kappa shape index (κ3) is 5.11. The van der Waals surface area contributed by atoms with Gasteiger partial charge in [-0.15, -0.1) is 0 Å². The first kappa shape index (κ1) is 13.2. The monoisotopic (exact) mass is 335 g/mol. The Kier molecular flexibility index (Phi) is 6.48. The third-order valence-corrected chi connectivity index (χ3v) is 3.83. The average molecular weight is 335 g/mol. The highest BCUT2D eigenvalue weighted by molar-refractivity contribution is 14.1. The maximum Gasteiger partial charge on any atom is 0.0370 e. The molecule has 0 aliphatic carbocycles. The Hall–Kier alpha value is 0.1000. The average Bonchev–Trinajstić information content (AvgIpc) is 2.20. The van der Waals surface area contributed by atoms with Gasteiger partial charge < -0.3 is 5.32 Å². The molecular formula is C12H18INS. The smallest absolute Gasteiger partial charge is 0.0370 e. The van der Waals surface area contributed by atoms with E-state index in [2.05, 4.69) is 60.0 Å². The Balaban J connectivity index is 2.31. The topological polar surface area (TPSA) is 12.0 Å². The van der Waals surface area contributed by atoms with Crippen LogP contribution in [0.4, 0.5) is 5.69 Å². The van der Waals surface area contributed by atoms with Crippen molar-refractivity contribution in [2.24, 2.45) is 0 Å². The molecule has 0 unspecified atom stereocenters. The van der Waals surface area contributed by atoms with Crippen molar-refractivity contribution in [2.45, 2.75) is 20.3 Å². The minimum Gasteiger partial charge on any atom is -0.385 e. The Labute approximate surface area is 111 Å². The molecule has 1 rings (SSSR count). The summed E-state index contributed by atoms with van der Waals surface area (Å²) in [5.74, 6) is 2.48. The minimum absolute atomic E-state index is 1.08. The number of anilines is 1. The van der Waals surface area contributed by atoms with Crippen LogP contribution in [0.25, 0.3) is 0 Å². The van der Waals surface area contributed by atoms with Crippen LogP contribution >= 0.6 is 34.4 Å². The van der Waals surface area contributed by atoms with Crippen molar-refractivity contribution in [2.75, 3.05) is 23.4 Å². The van der Waals surface area contributed by atoms with E-state index in [1.807, 2.05) is 11.8 Å². The van der Waals surface area contributed by atoms with E-state index in [1.54, 1.807) is 0 Å². The van der Waals surface area contributed by atoms with Crippen LogP contribution < -0.4 is 5.32 Å². The summed E-state index contributed by atoms with van der Waals surface area (Å²) >= 11 is 4.36. The van der Waals surface area contributed by atoms with Crippen molar-refractivity contribution in [1.29, 1.82) is 0 Å². The maximum atomic E-state index is 3.48. The molecule has 0 fully saturated rings. The standard InChI is InChI=1S/C12H18INS/c1-3-15-8-4-7-14-12-6-5-11(13)9-10(12)2/h5-6,9,14H,3-4,7-8H2,1-2H3. The minimum atomic E-state index is 1.08. The fourth-order valence-electron chi connectivity index (χ4n) is 1.37. The van der Waals surface area contributed by atoms with E-state index in [9.17, 15) is 0 Å². The summed E-state index contributed by atoms with van der Waals surface area (Å²) in [4.78, 5) is 0. The molecule has 0 atom stereocenters. The fraction of sp³-hybridized carbons (Fsp3) is 0.500. The Bertz CT molecular complexity index is 302. The predicted molar refractivity (Wildman–Crippen MR) is 80.0 cm³/mol. The number of aryl methyl sites for hydroxylation is 1. The van der Waals surface area contributed by atoms with Gasteiger partial charge in [0.15, 0.2) is 0 Å². The number of benzene rings is 1. The van der Waals surface area contributed by atoms with E-state index >= 15 is 0 Å². The van der Waals surface area contributed by atoms with Crippen molar-refractivity contribution in [3.63, 3.8) is 0 Å².